The topological polar surface area (TPSA) is 107 Å². The Morgan fingerprint density at radius 1 is 1.12 bits per heavy atom. The van der Waals surface area contributed by atoms with Gasteiger partial charge in [-0.2, -0.15) is 0 Å². The molecule has 4 rings (SSSR count). The third-order valence-electron chi connectivity index (χ3n) is 3.19. The summed E-state index contributed by atoms with van der Waals surface area (Å²) in [5.41, 5.74) is 0.976. The van der Waals surface area contributed by atoms with Crippen molar-refractivity contribution in [2.45, 2.75) is 5.16 Å². The van der Waals surface area contributed by atoms with Gasteiger partial charge >= 0.3 is 0 Å². The molecular formula is C16H11N5O3S2. The number of rotatable bonds is 6. The van der Waals surface area contributed by atoms with Crippen LogP contribution >= 0.6 is 23.1 Å². The second-order valence-electron chi connectivity index (χ2n) is 4.92. The Labute approximate surface area is 155 Å². The van der Waals surface area contributed by atoms with Crippen molar-refractivity contribution in [3.8, 4) is 22.9 Å². The highest BCUT2D eigenvalue weighted by Crippen LogP contribution is 2.30. The number of anilines is 1. The van der Waals surface area contributed by atoms with E-state index >= 15 is 0 Å². The average molecular weight is 385 g/mol. The minimum atomic E-state index is -0.191. The molecule has 0 saturated heterocycles. The van der Waals surface area contributed by atoms with Gasteiger partial charge in [-0.15, -0.1) is 21.5 Å². The number of carbonyl (C=O) groups excluding carboxylic acids is 1. The fourth-order valence-corrected chi connectivity index (χ4v) is 3.24. The monoisotopic (exact) mass is 385 g/mol. The molecule has 10 heteroatoms. The number of furan rings is 2. The maximum atomic E-state index is 12.0. The summed E-state index contributed by atoms with van der Waals surface area (Å²) < 4.78 is 10.8. The van der Waals surface area contributed by atoms with Crippen LogP contribution in [0.4, 0.5) is 5.13 Å². The summed E-state index contributed by atoms with van der Waals surface area (Å²) in [4.78, 5) is 20.5. The van der Waals surface area contributed by atoms with Crippen LogP contribution in [0.15, 0.2) is 62.4 Å². The standard InChI is InChI=1S/C16H11N5O3S2/c22-12(18-15-17-5-8-25-15)9-26-16-19-13(10-3-1-6-23-10)14(20-21-16)11-4-2-7-24-11/h1-8H,9H2,(H,17,18,22). The Hall–Kier alpha value is -2.98. The first-order valence-corrected chi connectivity index (χ1v) is 9.31. The fourth-order valence-electron chi connectivity index (χ4n) is 2.11. The van der Waals surface area contributed by atoms with Crippen LogP contribution < -0.4 is 5.32 Å². The van der Waals surface area contributed by atoms with E-state index in [0.717, 1.165) is 0 Å². The van der Waals surface area contributed by atoms with Crippen LogP contribution in [0.1, 0.15) is 0 Å². The van der Waals surface area contributed by atoms with E-state index < -0.39 is 0 Å². The minimum absolute atomic E-state index is 0.138. The zero-order chi connectivity index (χ0) is 17.8. The molecule has 8 nitrogen and oxygen atoms in total. The van der Waals surface area contributed by atoms with Gasteiger partial charge in [-0.1, -0.05) is 11.8 Å². The Morgan fingerprint density at radius 2 is 1.88 bits per heavy atom. The van der Waals surface area contributed by atoms with Crippen LogP contribution in [0.25, 0.3) is 22.9 Å². The second-order valence-corrected chi connectivity index (χ2v) is 6.76. The van der Waals surface area contributed by atoms with Crippen molar-refractivity contribution in [3.05, 3.63) is 48.4 Å². The lowest BCUT2D eigenvalue weighted by atomic mass is 10.2. The van der Waals surface area contributed by atoms with E-state index in [1.165, 1.54) is 23.1 Å². The van der Waals surface area contributed by atoms with Crippen molar-refractivity contribution in [1.82, 2.24) is 20.2 Å². The van der Waals surface area contributed by atoms with Crippen LogP contribution in [0, 0.1) is 0 Å². The molecule has 0 radical (unpaired) electrons. The first-order chi connectivity index (χ1) is 12.8. The van der Waals surface area contributed by atoms with Gasteiger partial charge in [-0.3, -0.25) is 4.79 Å². The summed E-state index contributed by atoms with van der Waals surface area (Å²) in [6, 6.07) is 7.07. The molecule has 0 unspecified atom stereocenters. The van der Waals surface area contributed by atoms with Gasteiger partial charge in [0.25, 0.3) is 0 Å². The zero-order valence-corrected chi connectivity index (χ0v) is 14.8. The SMILES string of the molecule is O=C(CSc1nnc(-c2ccco2)c(-c2ccco2)n1)Nc1nccs1. The number of carbonyl (C=O) groups is 1. The number of nitrogens with zero attached hydrogens (tertiary/aromatic N) is 4. The lowest BCUT2D eigenvalue weighted by molar-refractivity contribution is -0.113. The normalized spacial score (nSPS) is 10.8. The van der Waals surface area contributed by atoms with Gasteiger partial charge in [0.15, 0.2) is 22.3 Å². The molecule has 0 atom stereocenters. The summed E-state index contributed by atoms with van der Waals surface area (Å²) in [7, 11) is 0. The first kappa shape index (κ1) is 16.5. The molecular weight excluding hydrogens is 374 g/mol. The van der Waals surface area contributed by atoms with Crippen molar-refractivity contribution in [3.63, 3.8) is 0 Å². The number of hydrogen-bond acceptors (Lipinski definition) is 9. The smallest absolute Gasteiger partial charge is 0.236 e. The van der Waals surface area contributed by atoms with Gasteiger partial charge in [0.05, 0.1) is 18.3 Å². The quantitative estimate of drug-likeness (QED) is 0.502. The van der Waals surface area contributed by atoms with E-state index in [0.29, 0.717) is 33.2 Å². The largest absolute Gasteiger partial charge is 0.463 e. The summed E-state index contributed by atoms with van der Waals surface area (Å²) >= 11 is 2.53. The molecule has 0 fully saturated rings. The lowest BCUT2D eigenvalue weighted by Gasteiger charge is -2.05. The number of hydrogen-bond donors (Lipinski definition) is 1. The van der Waals surface area contributed by atoms with E-state index in [4.69, 9.17) is 8.83 Å². The number of thiazole rings is 1. The van der Waals surface area contributed by atoms with Crippen molar-refractivity contribution in [1.29, 1.82) is 0 Å². The van der Waals surface area contributed by atoms with Gasteiger partial charge in [0.1, 0.15) is 5.69 Å². The van der Waals surface area contributed by atoms with E-state index in [-0.39, 0.29) is 11.7 Å². The third kappa shape index (κ3) is 3.65. The molecule has 1 N–H and O–H groups in total. The maximum absolute atomic E-state index is 12.0. The van der Waals surface area contributed by atoms with Gasteiger partial charge in [-0.25, -0.2) is 9.97 Å². The van der Waals surface area contributed by atoms with Crippen molar-refractivity contribution in [2.75, 3.05) is 11.1 Å². The van der Waals surface area contributed by atoms with Crippen molar-refractivity contribution in [2.24, 2.45) is 0 Å². The maximum Gasteiger partial charge on any atom is 0.236 e. The predicted octanol–water partition coefficient (Wildman–Crippen LogP) is 3.58. The zero-order valence-electron chi connectivity index (χ0n) is 13.2. The Balaban J connectivity index is 1.54. The number of nitrogens with one attached hydrogen (secondary N) is 1. The van der Waals surface area contributed by atoms with Crippen LogP contribution in [0.2, 0.25) is 0 Å². The molecule has 4 heterocycles. The van der Waals surface area contributed by atoms with Gasteiger partial charge in [0, 0.05) is 11.6 Å². The van der Waals surface area contributed by atoms with E-state index in [2.05, 4.69) is 25.5 Å². The molecule has 0 aliphatic heterocycles. The molecule has 0 aliphatic rings. The Kier molecular flexibility index (Phi) is 4.75. The molecule has 1 amide bonds. The van der Waals surface area contributed by atoms with Crippen LogP contribution in [-0.2, 0) is 4.79 Å². The predicted molar refractivity (Wildman–Crippen MR) is 96.7 cm³/mol. The van der Waals surface area contributed by atoms with Gasteiger partial charge < -0.3 is 14.2 Å². The highest BCUT2D eigenvalue weighted by molar-refractivity contribution is 7.99. The third-order valence-corrected chi connectivity index (χ3v) is 4.71. The average Bonchev–Trinajstić information content (AvgIpc) is 3.42. The highest BCUT2D eigenvalue weighted by atomic mass is 32.2. The molecule has 26 heavy (non-hydrogen) atoms. The summed E-state index contributed by atoms with van der Waals surface area (Å²) in [6.45, 7) is 0. The lowest BCUT2D eigenvalue weighted by Crippen LogP contribution is -2.14. The molecule has 0 bridgehead atoms. The van der Waals surface area contributed by atoms with Crippen molar-refractivity contribution >= 4 is 34.1 Å². The Morgan fingerprint density at radius 3 is 2.54 bits per heavy atom. The van der Waals surface area contributed by atoms with Crippen LogP contribution in [-0.4, -0.2) is 31.8 Å². The number of aromatic nitrogens is 4. The van der Waals surface area contributed by atoms with E-state index in [1.54, 1.807) is 48.4 Å². The summed E-state index contributed by atoms with van der Waals surface area (Å²) in [6.07, 6.45) is 4.73. The molecule has 0 aliphatic carbocycles. The first-order valence-electron chi connectivity index (χ1n) is 7.44. The summed E-state index contributed by atoms with van der Waals surface area (Å²) in [5, 5.41) is 13.7. The van der Waals surface area contributed by atoms with Crippen LogP contribution in [0.5, 0.6) is 0 Å². The van der Waals surface area contributed by atoms with E-state index in [9.17, 15) is 4.79 Å². The fraction of sp³-hybridized carbons (Fsp3) is 0.0625. The molecule has 130 valence electrons. The molecule has 4 aromatic rings. The molecule has 0 spiro atoms. The summed E-state index contributed by atoms with van der Waals surface area (Å²) in [5.74, 6) is 1.02. The van der Waals surface area contributed by atoms with Gasteiger partial charge in [-0.05, 0) is 24.3 Å². The molecule has 0 aromatic carbocycles. The van der Waals surface area contributed by atoms with Crippen molar-refractivity contribution < 1.29 is 13.6 Å². The van der Waals surface area contributed by atoms with Gasteiger partial charge in [0.2, 0.25) is 11.1 Å². The second kappa shape index (κ2) is 7.50. The molecule has 0 saturated carbocycles. The minimum Gasteiger partial charge on any atom is -0.463 e. The number of thioether (sulfide) groups is 1. The number of amides is 1. The Bertz CT molecular complexity index is 985. The highest BCUT2D eigenvalue weighted by Gasteiger charge is 2.18. The van der Waals surface area contributed by atoms with E-state index in [1.807, 2.05) is 0 Å². The van der Waals surface area contributed by atoms with Crippen LogP contribution in [0.3, 0.4) is 0 Å². The molecule has 4 aromatic heterocycles.